The molecule has 5 nitrogen and oxygen atoms in total. The van der Waals surface area contributed by atoms with Crippen molar-refractivity contribution in [2.24, 2.45) is 5.92 Å². The number of amides is 2. The van der Waals surface area contributed by atoms with Gasteiger partial charge in [0.05, 0.1) is 5.37 Å². The van der Waals surface area contributed by atoms with Gasteiger partial charge in [-0.3, -0.25) is 4.90 Å². The van der Waals surface area contributed by atoms with Gasteiger partial charge in [-0.15, -0.1) is 11.8 Å². The molecule has 1 saturated carbocycles. The third-order valence-electron chi connectivity index (χ3n) is 3.50. The van der Waals surface area contributed by atoms with E-state index in [-0.39, 0.29) is 17.4 Å². The zero-order valence-electron chi connectivity index (χ0n) is 10.8. The molecule has 2 aliphatic rings. The number of thioether (sulfide) groups is 1. The summed E-state index contributed by atoms with van der Waals surface area (Å²) in [6.07, 6.45) is 3.51. The van der Waals surface area contributed by atoms with Gasteiger partial charge in [-0.2, -0.15) is 0 Å². The smallest absolute Gasteiger partial charge is 0.327 e. The third kappa shape index (κ3) is 3.10. The number of rotatable bonds is 4. The van der Waals surface area contributed by atoms with Crippen LogP contribution in [0.25, 0.3) is 0 Å². The van der Waals surface area contributed by atoms with Crippen molar-refractivity contribution in [1.29, 1.82) is 0 Å². The number of hydrogen-bond donors (Lipinski definition) is 2. The molecule has 2 amide bonds. The van der Waals surface area contributed by atoms with Crippen LogP contribution in [0.3, 0.4) is 0 Å². The fourth-order valence-electron chi connectivity index (χ4n) is 2.34. The molecule has 3 atom stereocenters. The van der Waals surface area contributed by atoms with Crippen molar-refractivity contribution in [2.75, 3.05) is 5.75 Å². The number of nitrogens with one attached hydrogen (secondary N) is 1. The summed E-state index contributed by atoms with van der Waals surface area (Å²) in [6.45, 7) is 3.86. The second kappa shape index (κ2) is 5.38. The maximum atomic E-state index is 12.1. The normalized spacial score (nSPS) is 29.1. The molecule has 18 heavy (non-hydrogen) atoms. The van der Waals surface area contributed by atoms with Crippen molar-refractivity contribution in [3.05, 3.63) is 0 Å². The minimum Gasteiger partial charge on any atom is -0.480 e. The number of carboxylic acid groups (broad SMARTS) is 1. The fraction of sp³-hybridized carbons (Fsp3) is 0.833. The van der Waals surface area contributed by atoms with Gasteiger partial charge in [0.15, 0.2) is 0 Å². The summed E-state index contributed by atoms with van der Waals surface area (Å²) in [5, 5.41) is 12.0. The highest BCUT2D eigenvalue weighted by Gasteiger charge is 2.40. The van der Waals surface area contributed by atoms with Crippen LogP contribution >= 0.6 is 11.8 Å². The van der Waals surface area contributed by atoms with Crippen molar-refractivity contribution < 1.29 is 14.7 Å². The Balaban J connectivity index is 1.90. The number of carboxylic acids is 1. The van der Waals surface area contributed by atoms with Gasteiger partial charge in [0.2, 0.25) is 0 Å². The Kier molecular flexibility index (Phi) is 4.04. The van der Waals surface area contributed by atoms with Crippen molar-refractivity contribution >= 4 is 23.8 Å². The molecule has 0 spiro atoms. The fourth-order valence-corrected chi connectivity index (χ4v) is 3.51. The minimum atomic E-state index is -0.920. The minimum absolute atomic E-state index is 0.0702. The van der Waals surface area contributed by atoms with E-state index in [0.717, 1.165) is 12.3 Å². The molecule has 0 radical (unpaired) electrons. The highest BCUT2D eigenvalue weighted by atomic mass is 32.2. The van der Waals surface area contributed by atoms with Crippen molar-refractivity contribution in [1.82, 2.24) is 10.2 Å². The Labute approximate surface area is 111 Å². The van der Waals surface area contributed by atoms with E-state index in [0.29, 0.717) is 5.75 Å². The number of hydrogen-bond acceptors (Lipinski definition) is 3. The lowest BCUT2D eigenvalue weighted by molar-refractivity contribution is -0.141. The number of urea groups is 1. The maximum absolute atomic E-state index is 12.1. The zero-order chi connectivity index (χ0) is 13.3. The van der Waals surface area contributed by atoms with E-state index >= 15 is 0 Å². The first kappa shape index (κ1) is 13.5. The molecule has 1 aliphatic heterocycles. The van der Waals surface area contributed by atoms with Crippen LogP contribution in [0, 0.1) is 5.92 Å². The quantitative estimate of drug-likeness (QED) is 0.817. The first-order valence-electron chi connectivity index (χ1n) is 6.42. The molecule has 1 aliphatic carbocycles. The van der Waals surface area contributed by atoms with Gasteiger partial charge in [0.1, 0.15) is 6.04 Å². The van der Waals surface area contributed by atoms with E-state index in [9.17, 15) is 9.59 Å². The predicted octanol–water partition coefficient (Wildman–Crippen LogP) is 1.73. The Hall–Kier alpha value is -0.910. The van der Waals surface area contributed by atoms with Crippen LogP contribution in [-0.4, -0.2) is 45.2 Å². The van der Waals surface area contributed by atoms with E-state index in [1.807, 2.05) is 13.8 Å². The predicted molar refractivity (Wildman–Crippen MR) is 70.5 cm³/mol. The molecule has 6 heteroatoms. The summed E-state index contributed by atoms with van der Waals surface area (Å²) in [5.74, 6) is 0.304. The van der Waals surface area contributed by atoms with Crippen LogP contribution in [-0.2, 0) is 4.79 Å². The van der Waals surface area contributed by atoms with E-state index in [1.165, 1.54) is 29.5 Å². The molecule has 0 aromatic carbocycles. The van der Waals surface area contributed by atoms with Gasteiger partial charge in [-0.1, -0.05) is 12.8 Å². The summed E-state index contributed by atoms with van der Waals surface area (Å²) in [4.78, 5) is 24.7. The largest absolute Gasteiger partial charge is 0.480 e. The SMILES string of the molecule is CC(CC1CC1)NC(=O)N1C(C)SCC1C(=O)O. The molecular weight excluding hydrogens is 252 g/mol. The van der Waals surface area contributed by atoms with E-state index in [4.69, 9.17) is 5.11 Å². The van der Waals surface area contributed by atoms with Gasteiger partial charge < -0.3 is 10.4 Å². The summed E-state index contributed by atoms with van der Waals surface area (Å²) in [6, 6.07) is -0.816. The Bertz CT molecular complexity index is 346. The molecule has 0 aromatic rings. The molecule has 2 fully saturated rings. The van der Waals surface area contributed by atoms with Crippen molar-refractivity contribution in [3.8, 4) is 0 Å². The number of carbonyl (C=O) groups is 2. The van der Waals surface area contributed by atoms with Gasteiger partial charge in [0, 0.05) is 11.8 Å². The van der Waals surface area contributed by atoms with Crippen LogP contribution in [0.4, 0.5) is 4.79 Å². The third-order valence-corrected chi connectivity index (χ3v) is 4.71. The Morgan fingerprint density at radius 2 is 2.17 bits per heavy atom. The van der Waals surface area contributed by atoms with Gasteiger partial charge in [-0.25, -0.2) is 9.59 Å². The standard InChI is InChI=1S/C12H20N2O3S/c1-7(5-9-3-4-9)13-12(17)14-8(2)18-6-10(14)11(15)16/h7-10H,3-6H2,1-2H3,(H,13,17)(H,15,16). The van der Waals surface area contributed by atoms with Crippen LogP contribution in [0.1, 0.15) is 33.1 Å². The lowest BCUT2D eigenvalue weighted by Gasteiger charge is -2.27. The highest BCUT2D eigenvalue weighted by Crippen LogP contribution is 2.34. The highest BCUT2D eigenvalue weighted by molar-refractivity contribution is 8.00. The van der Waals surface area contributed by atoms with E-state index in [2.05, 4.69) is 5.32 Å². The van der Waals surface area contributed by atoms with Crippen LogP contribution < -0.4 is 5.32 Å². The maximum Gasteiger partial charge on any atom is 0.327 e. The average molecular weight is 272 g/mol. The first-order valence-corrected chi connectivity index (χ1v) is 7.47. The number of nitrogens with zero attached hydrogens (tertiary/aromatic N) is 1. The van der Waals surface area contributed by atoms with Crippen LogP contribution in [0.15, 0.2) is 0 Å². The summed E-state index contributed by atoms with van der Waals surface area (Å²) < 4.78 is 0. The zero-order valence-corrected chi connectivity index (χ0v) is 11.6. The van der Waals surface area contributed by atoms with Gasteiger partial charge in [-0.05, 0) is 26.2 Å². The van der Waals surface area contributed by atoms with Crippen molar-refractivity contribution in [2.45, 2.75) is 50.6 Å². The monoisotopic (exact) mass is 272 g/mol. The van der Waals surface area contributed by atoms with E-state index < -0.39 is 12.0 Å². The summed E-state index contributed by atoms with van der Waals surface area (Å²) >= 11 is 1.51. The molecule has 3 unspecified atom stereocenters. The molecule has 1 heterocycles. The Morgan fingerprint density at radius 1 is 1.50 bits per heavy atom. The molecule has 2 N–H and O–H groups in total. The molecule has 1 saturated heterocycles. The molecule has 0 bridgehead atoms. The summed E-state index contributed by atoms with van der Waals surface area (Å²) in [5.41, 5.74) is 0. The number of aliphatic carboxylic acids is 1. The van der Waals surface area contributed by atoms with Gasteiger partial charge in [0.25, 0.3) is 0 Å². The molecule has 2 rings (SSSR count). The van der Waals surface area contributed by atoms with Gasteiger partial charge >= 0.3 is 12.0 Å². The number of carbonyl (C=O) groups excluding carboxylic acids is 1. The molecular formula is C12H20N2O3S. The first-order chi connectivity index (χ1) is 8.49. The second-order valence-corrected chi connectivity index (χ2v) is 6.57. The van der Waals surface area contributed by atoms with Crippen LogP contribution in [0.5, 0.6) is 0 Å². The lowest BCUT2D eigenvalue weighted by atomic mass is 10.1. The average Bonchev–Trinajstić information content (AvgIpc) is 2.97. The topological polar surface area (TPSA) is 69.6 Å². The summed E-state index contributed by atoms with van der Waals surface area (Å²) in [7, 11) is 0. The van der Waals surface area contributed by atoms with E-state index in [1.54, 1.807) is 0 Å². The molecule has 0 aromatic heterocycles. The molecule has 102 valence electrons. The lowest BCUT2D eigenvalue weighted by Crippen LogP contribution is -2.51. The van der Waals surface area contributed by atoms with Crippen molar-refractivity contribution in [3.63, 3.8) is 0 Å². The Morgan fingerprint density at radius 3 is 2.72 bits per heavy atom. The second-order valence-electron chi connectivity index (χ2n) is 5.22. The van der Waals surface area contributed by atoms with Crippen LogP contribution in [0.2, 0.25) is 0 Å².